The third kappa shape index (κ3) is 2.12. The third-order valence-electron chi connectivity index (χ3n) is 3.80. The van der Waals surface area contributed by atoms with Gasteiger partial charge in [0.25, 0.3) is 0 Å². The molecule has 0 aliphatic carbocycles. The Balaban J connectivity index is 1.94. The molecule has 2 aromatic heterocycles. The summed E-state index contributed by atoms with van der Waals surface area (Å²) in [6.07, 6.45) is 3.92. The fourth-order valence-corrected chi connectivity index (χ4v) is 4.99. The van der Waals surface area contributed by atoms with Gasteiger partial charge in [-0.2, -0.15) is 0 Å². The molecule has 0 saturated heterocycles. The van der Waals surface area contributed by atoms with E-state index in [0.717, 1.165) is 16.1 Å². The number of aromatic nitrogens is 2. The molecule has 1 aliphatic rings. The Morgan fingerprint density at radius 1 is 1.05 bits per heavy atom. The summed E-state index contributed by atoms with van der Waals surface area (Å²) in [5, 5.41) is 0. The van der Waals surface area contributed by atoms with Crippen molar-refractivity contribution in [3.8, 4) is 22.8 Å². The van der Waals surface area contributed by atoms with Gasteiger partial charge in [0, 0.05) is 0 Å². The first-order chi connectivity index (χ1) is 10.7. The van der Waals surface area contributed by atoms with Crippen LogP contribution in [-0.2, 0) is 7.05 Å². The number of aryl methyl sites for hydroxylation is 2. The molecule has 4 heteroatoms. The molecule has 3 aromatic rings. The van der Waals surface area contributed by atoms with Gasteiger partial charge in [0.2, 0.25) is 0 Å². The first-order valence-electron chi connectivity index (χ1n) is 7.13. The molecule has 3 nitrogen and oxygen atoms in total. The molecule has 4 rings (SSSR count). The van der Waals surface area contributed by atoms with E-state index in [4.69, 9.17) is 4.74 Å². The molecular weight excluding hydrogens is 339 g/mol. The normalized spacial score (nSPS) is 12.3. The van der Waals surface area contributed by atoms with Crippen LogP contribution in [0.25, 0.3) is 11.3 Å². The average molecular weight is 354 g/mol. The SMILES string of the molecule is Cc1ccc2c(c1-c1cccc[n+]1C)[Se]c1ncccc1O2. The van der Waals surface area contributed by atoms with Crippen LogP contribution < -0.4 is 18.4 Å². The predicted octanol–water partition coefficient (Wildman–Crippen LogP) is 1.64. The summed E-state index contributed by atoms with van der Waals surface area (Å²) in [5.41, 5.74) is 3.75. The maximum atomic E-state index is 6.08. The number of pyridine rings is 2. The monoisotopic (exact) mass is 355 g/mol. The Morgan fingerprint density at radius 2 is 1.95 bits per heavy atom. The van der Waals surface area contributed by atoms with E-state index in [1.165, 1.54) is 21.3 Å². The second kappa shape index (κ2) is 5.24. The number of hydrogen-bond acceptors (Lipinski definition) is 2. The van der Waals surface area contributed by atoms with E-state index in [1.54, 1.807) is 0 Å². The molecule has 108 valence electrons. The van der Waals surface area contributed by atoms with E-state index >= 15 is 0 Å². The molecule has 0 unspecified atom stereocenters. The van der Waals surface area contributed by atoms with Gasteiger partial charge in [-0.1, -0.05) is 0 Å². The minimum atomic E-state index is 0.147. The van der Waals surface area contributed by atoms with Crippen molar-refractivity contribution in [1.29, 1.82) is 0 Å². The van der Waals surface area contributed by atoms with Gasteiger partial charge in [0.15, 0.2) is 0 Å². The molecule has 0 bridgehead atoms. The van der Waals surface area contributed by atoms with Crippen LogP contribution in [0.3, 0.4) is 0 Å². The molecular formula is C18H15N2OSe+. The van der Waals surface area contributed by atoms with E-state index in [2.05, 4.69) is 54.0 Å². The van der Waals surface area contributed by atoms with Crippen LogP contribution in [0.5, 0.6) is 11.5 Å². The number of rotatable bonds is 1. The van der Waals surface area contributed by atoms with E-state index < -0.39 is 0 Å². The number of fused-ring (bicyclic) bond motifs is 2. The maximum absolute atomic E-state index is 6.08. The van der Waals surface area contributed by atoms with Crippen molar-refractivity contribution in [3.63, 3.8) is 0 Å². The zero-order chi connectivity index (χ0) is 15.1. The molecule has 0 N–H and O–H groups in total. The second-order valence-corrected chi connectivity index (χ2v) is 7.39. The Labute approximate surface area is 135 Å². The second-order valence-electron chi connectivity index (χ2n) is 5.29. The van der Waals surface area contributed by atoms with Gasteiger partial charge < -0.3 is 0 Å². The Morgan fingerprint density at radius 3 is 2.82 bits per heavy atom. The van der Waals surface area contributed by atoms with Crippen molar-refractivity contribution in [1.82, 2.24) is 4.98 Å². The van der Waals surface area contributed by atoms with Crippen molar-refractivity contribution in [2.75, 3.05) is 0 Å². The fourth-order valence-electron chi connectivity index (χ4n) is 2.69. The summed E-state index contributed by atoms with van der Waals surface area (Å²) in [6.45, 7) is 2.16. The number of hydrogen-bond donors (Lipinski definition) is 0. The Hall–Kier alpha value is -2.16. The number of benzene rings is 1. The summed E-state index contributed by atoms with van der Waals surface area (Å²) >= 11 is 0.147. The van der Waals surface area contributed by atoms with E-state index in [9.17, 15) is 0 Å². The van der Waals surface area contributed by atoms with Crippen molar-refractivity contribution in [2.24, 2.45) is 7.05 Å². The summed E-state index contributed by atoms with van der Waals surface area (Å²) < 4.78 is 10.6. The third-order valence-corrected chi connectivity index (χ3v) is 6.12. The molecule has 0 atom stereocenters. The van der Waals surface area contributed by atoms with Crippen LogP contribution in [0.15, 0.2) is 54.9 Å². The van der Waals surface area contributed by atoms with E-state index in [0.29, 0.717) is 0 Å². The van der Waals surface area contributed by atoms with Crippen molar-refractivity contribution in [3.05, 3.63) is 60.4 Å². The van der Waals surface area contributed by atoms with E-state index in [1.807, 2.05) is 24.4 Å². The molecule has 22 heavy (non-hydrogen) atoms. The van der Waals surface area contributed by atoms with Crippen LogP contribution >= 0.6 is 0 Å². The quantitative estimate of drug-likeness (QED) is 0.384. The van der Waals surface area contributed by atoms with Gasteiger partial charge in [-0.05, 0) is 0 Å². The standard InChI is InChI=1S/C18H15N2OSe/c1-12-8-9-14-17(16(12)13-6-3-4-11-20(13)2)22-18-15(21-14)7-5-10-19-18/h3-11H,1-2H3/q+1. The van der Waals surface area contributed by atoms with Crippen LogP contribution in [0, 0.1) is 6.92 Å². The van der Waals surface area contributed by atoms with Crippen LogP contribution in [0.2, 0.25) is 0 Å². The van der Waals surface area contributed by atoms with Crippen LogP contribution in [-0.4, -0.2) is 19.9 Å². The van der Waals surface area contributed by atoms with Gasteiger partial charge in [0.1, 0.15) is 0 Å². The first kappa shape index (κ1) is 13.5. The average Bonchev–Trinajstić information content (AvgIpc) is 2.54. The van der Waals surface area contributed by atoms with Crippen molar-refractivity contribution >= 4 is 24.0 Å². The van der Waals surface area contributed by atoms with Gasteiger partial charge in [0.05, 0.1) is 0 Å². The Bertz CT molecular complexity index is 877. The van der Waals surface area contributed by atoms with Crippen molar-refractivity contribution < 1.29 is 9.30 Å². The molecule has 0 spiro atoms. The van der Waals surface area contributed by atoms with Gasteiger partial charge >= 0.3 is 135 Å². The molecule has 0 amide bonds. The molecule has 3 heterocycles. The summed E-state index contributed by atoms with van der Waals surface area (Å²) in [5.74, 6) is 1.85. The zero-order valence-electron chi connectivity index (χ0n) is 12.4. The first-order valence-corrected chi connectivity index (χ1v) is 8.85. The van der Waals surface area contributed by atoms with Gasteiger partial charge in [-0.3, -0.25) is 0 Å². The molecule has 0 saturated carbocycles. The van der Waals surface area contributed by atoms with Crippen LogP contribution in [0.4, 0.5) is 0 Å². The predicted molar refractivity (Wildman–Crippen MR) is 87.1 cm³/mol. The molecule has 1 aliphatic heterocycles. The summed E-state index contributed by atoms with van der Waals surface area (Å²) in [7, 11) is 2.08. The summed E-state index contributed by atoms with van der Waals surface area (Å²) in [4.78, 5) is 4.50. The van der Waals surface area contributed by atoms with Crippen LogP contribution in [0.1, 0.15) is 5.56 Å². The number of nitrogens with zero attached hydrogens (tertiary/aromatic N) is 2. The minimum absolute atomic E-state index is 0.147. The molecule has 0 radical (unpaired) electrons. The summed E-state index contributed by atoms with van der Waals surface area (Å²) in [6, 6.07) is 14.4. The topological polar surface area (TPSA) is 26.0 Å². The van der Waals surface area contributed by atoms with Gasteiger partial charge in [-0.15, -0.1) is 0 Å². The fraction of sp³-hybridized carbons (Fsp3) is 0.111. The van der Waals surface area contributed by atoms with E-state index in [-0.39, 0.29) is 15.0 Å². The molecule has 1 aromatic carbocycles. The molecule has 0 fully saturated rings. The Kier molecular flexibility index (Phi) is 3.21. The zero-order valence-corrected chi connectivity index (χ0v) is 14.1. The number of ether oxygens (including phenoxy) is 1. The van der Waals surface area contributed by atoms with Gasteiger partial charge in [-0.25, -0.2) is 0 Å². The van der Waals surface area contributed by atoms with Crippen molar-refractivity contribution in [2.45, 2.75) is 6.92 Å².